The largest absolute Gasteiger partial charge is 0.464 e. The van der Waals surface area contributed by atoms with E-state index in [0.717, 1.165) is 38.5 Å². The number of alkyl halides is 15. The predicted octanol–water partition coefficient (Wildman–Crippen LogP) is 9.31. The molecule has 0 heterocycles. The molecule has 268 valence electrons. The minimum absolute atomic E-state index is 0.155. The van der Waals surface area contributed by atoms with Gasteiger partial charge in [-0.15, -0.1) is 0 Å². The molecule has 45 heavy (non-hydrogen) atoms. The molecule has 0 saturated carbocycles. The van der Waals surface area contributed by atoms with Crippen molar-refractivity contribution in [1.29, 1.82) is 0 Å². The molecule has 1 unspecified atom stereocenters. The predicted molar refractivity (Wildman–Crippen MR) is 130 cm³/mol. The van der Waals surface area contributed by atoms with Gasteiger partial charge in [-0.1, -0.05) is 72.1 Å². The number of rotatable bonds is 20. The van der Waals surface area contributed by atoms with Crippen LogP contribution in [0, 0.1) is 5.92 Å². The molecule has 0 radical (unpaired) electrons. The second kappa shape index (κ2) is 15.7. The van der Waals surface area contributed by atoms with E-state index in [2.05, 4.69) is 0 Å². The van der Waals surface area contributed by atoms with Crippen molar-refractivity contribution < 1.29 is 80.2 Å². The topological polar surface area (TPSA) is 46.6 Å². The minimum Gasteiger partial charge on any atom is -0.464 e. The maximum Gasteiger partial charge on any atom is 0.460 e. The first-order chi connectivity index (χ1) is 20.1. The third-order valence-electron chi connectivity index (χ3n) is 6.84. The Morgan fingerprint density at radius 3 is 1.38 bits per heavy atom. The molecule has 0 fully saturated rings. The van der Waals surface area contributed by atoms with Crippen LogP contribution in [0.5, 0.6) is 0 Å². The van der Waals surface area contributed by atoms with E-state index in [1.165, 1.54) is 13.8 Å². The first-order valence-corrected chi connectivity index (χ1v) is 13.9. The van der Waals surface area contributed by atoms with Gasteiger partial charge in [0.25, 0.3) is 5.91 Å². The van der Waals surface area contributed by atoms with Crippen molar-refractivity contribution >= 4 is 11.9 Å². The van der Waals surface area contributed by atoms with E-state index in [4.69, 9.17) is 4.74 Å². The zero-order valence-electron chi connectivity index (χ0n) is 24.8. The van der Waals surface area contributed by atoms with Gasteiger partial charge in [0.05, 0.1) is 6.61 Å². The fraction of sp³-hybridized carbons (Fsp3) is 0.923. The lowest BCUT2D eigenvalue weighted by atomic mass is 9.90. The molecular weight excluding hydrogens is 659 g/mol. The lowest BCUT2D eigenvalue weighted by Gasteiger charge is -2.42. The van der Waals surface area contributed by atoms with Gasteiger partial charge in [-0.2, -0.15) is 65.9 Å². The molecule has 0 saturated heterocycles. The number of nitrogens with zero attached hydrogens (tertiary/aromatic N) is 1. The summed E-state index contributed by atoms with van der Waals surface area (Å²) in [6, 6.07) is -2.25. The van der Waals surface area contributed by atoms with Gasteiger partial charge in [0.15, 0.2) is 0 Å². The van der Waals surface area contributed by atoms with E-state index in [0.29, 0.717) is 12.8 Å². The van der Waals surface area contributed by atoms with Crippen molar-refractivity contribution in [2.24, 2.45) is 5.92 Å². The van der Waals surface area contributed by atoms with Crippen molar-refractivity contribution in [3.63, 3.8) is 0 Å². The summed E-state index contributed by atoms with van der Waals surface area (Å²) >= 11 is 0. The van der Waals surface area contributed by atoms with Gasteiger partial charge < -0.3 is 9.64 Å². The fourth-order valence-corrected chi connectivity index (χ4v) is 4.00. The van der Waals surface area contributed by atoms with E-state index in [9.17, 15) is 75.4 Å². The molecule has 0 aliphatic heterocycles. The molecule has 0 aromatic carbocycles. The summed E-state index contributed by atoms with van der Waals surface area (Å²) < 4.78 is 208. The summed E-state index contributed by atoms with van der Waals surface area (Å²) in [5.74, 6) is -54.4. The number of hydrogen-bond donors (Lipinski definition) is 0. The molecule has 19 heteroatoms. The molecule has 0 bridgehead atoms. The summed E-state index contributed by atoms with van der Waals surface area (Å²) in [5, 5.41) is 0. The third-order valence-corrected chi connectivity index (χ3v) is 6.84. The van der Waals surface area contributed by atoms with Crippen LogP contribution in [-0.2, 0) is 14.3 Å². The first kappa shape index (κ1) is 42.9. The van der Waals surface area contributed by atoms with E-state index in [1.54, 1.807) is 0 Å². The fourth-order valence-electron chi connectivity index (χ4n) is 4.00. The SMILES string of the molecule is CCCCCCCCCCCOC(=O)C(CC(C)C)N(C)C(=O)C(F)(F)C(F)(F)C(F)(F)C(F)(F)C(F)(F)C(F)(F)C(F)(F)F. The van der Waals surface area contributed by atoms with Gasteiger partial charge in [0.1, 0.15) is 6.04 Å². The molecule has 0 aliphatic carbocycles. The second-order valence-corrected chi connectivity index (χ2v) is 11.0. The van der Waals surface area contributed by atoms with E-state index in [-0.39, 0.29) is 20.1 Å². The maximum absolute atomic E-state index is 14.5. The quantitative estimate of drug-likeness (QED) is 0.0725. The van der Waals surface area contributed by atoms with Gasteiger partial charge in [-0.3, -0.25) is 4.79 Å². The summed E-state index contributed by atoms with van der Waals surface area (Å²) in [5.41, 5.74) is 0. The number of ether oxygens (including phenoxy) is 1. The van der Waals surface area contributed by atoms with E-state index < -0.39 is 76.9 Å². The van der Waals surface area contributed by atoms with Crippen molar-refractivity contribution in [1.82, 2.24) is 4.90 Å². The number of hydrogen-bond acceptors (Lipinski definition) is 3. The second-order valence-electron chi connectivity index (χ2n) is 11.0. The monoisotopic (exact) mass is 695 g/mol. The average Bonchev–Trinajstić information content (AvgIpc) is 2.90. The van der Waals surface area contributed by atoms with Crippen LogP contribution in [0.4, 0.5) is 65.9 Å². The van der Waals surface area contributed by atoms with Crippen molar-refractivity contribution in [2.45, 2.75) is 133 Å². The van der Waals surface area contributed by atoms with E-state index in [1.807, 2.05) is 6.92 Å². The molecule has 0 aromatic rings. The Hall–Kier alpha value is -2.11. The van der Waals surface area contributed by atoms with Crippen LogP contribution in [0.1, 0.15) is 85.0 Å². The smallest absolute Gasteiger partial charge is 0.460 e. The van der Waals surface area contributed by atoms with Crippen LogP contribution in [0.15, 0.2) is 0 Å². The number of likely N-dealkylation sites (N-methyl/N-ethyl adjacent to an activating group) is 1. The third kappa shape index (κ3) is 9.04. The summed E-state index contributed by atoms with van der Waals surface area (Å²) in [6.45, 7) is 4.29. The molecule has 0 spiro atoms. The Morgan fingerprint density at radius 2 is 0.978 bits per heavy atom. The van der Waals surface area contributed by atoms with Crippen LogP contribution in [0.3, 0.4) is 0 Å². The molecule has 0 aliphatic rings. The van der Waals surface area contributed by atoms with Crippen molar-refractivity contribution in [3.8, 4) is 0 Å². The highest BCUT2D eigenvalue weighted by Crippen LogP contribution is 2.62. The molecule has 0 aromatic heterocycles. The highest BCUT2D eigenvalue weighted by molar-refractivity contribution is 5.89. The lowest BCUT2D eigenvalue weighted by Crippen LogP contribution is -2.74. The maximum atomic E-state index is 14.5. The van der Waals surface area contributed by atoms with Gasteiger partial charge in [-0.05, 0) is 18.8 Å². The van der Waals surface area contributed by atoms with Crippen LogP contribution in [0.2, 0.25) is 0 Å². The molecule has 1 atom stereocenters. The number of halogens is 15. The highest BCUT2D eigenvalue weighted by atomic mass is 19.4. The first-order valence-electron chi connectivity index (χ1n) is 13.9. The molecular formula is C26H36F15NO3. The van der Waals surface area contributed by atoms with Crippen molar-refractivity contribution in [3.05, 3.63) is 0 Å². The van der Waals surface area contributed by atoms with E-state index >= 15 is 0 Å². The summed E-state index contributed by atoms with van der Waals surface area (Å²) in [6.07, 6.45) is -0.948. The Balaban J connectivity index is 5.95. The van der Waals surface area contributed by atoms with Crippen LogP contribution in [-0.4, -0.2) is 78.2 Å². The van der Waals surface area contributed by atoms with Crippen LogP contribution >= 0.6 is 0 Å². The summed E-state index contributed by atoms with van der Waals surface area (Å²) in [4.78, 5) is 24.2. The van der Waals surface area contributed by atoms with Crippen LogP contribution in [0.25, 0.3) is 0 Å². The molecule has 1 amide bonds. The number of carbonyl (C=O) groups is 2. The molecule has 0 rings (SSSR count). The van der Waals surface area contributed by atoms with Crippen molar-refractivity contribution in [2.75, 3.05) is 13.7 Å². The zero-order valence-corrected chi connectivity index (χ0v) is 24.8. The molecule has 0 N–H and O–H groups in total. The number of amides is 1. The van der Waals surface area contributed by atoms with Gasteiger partial charge >= 0.3 is 47.7 Å². The minimum atomic E-state index is -8.52. The zero-order chi connectivity index (χ0) is 35.9. The molecule has 4 nitrogen and oxygen atoms in total. The summed E-state index contributed by atoms with van der Waals surface area (Å²) in [7, 11) is 0.155. The van der Waals surface area contributed by atoms with Gasteiger partial charge in [-0.25, -0.2) is 4.79 Å². The lowest BCUT2D eigenvalue weighted by molar-refractivity contribution is -0.449. The standard InChI is InChI=1S/C26H36F15NO3/c1-5-6-7-8-9-10-11-12-13-14-45-18(43)17(15-16(2)3)42(4)19(44)20(27,28)21(29,30)22(31,32)23(33,34)24(35,36)25(37,38)26(39,40)41/h16-17H,5-15H2,1-4H3. The van der Waals surface area contributed by atoms with Gasteiger partial charge in [0.2, 0.25) is 0 Å². The highest BCUT2D eigenvalue weighted by Gasteiger charge is 2.94. The number of esters is 1. The number of unbranched alkanes of at least 4 members (excludes halogenated alkanes) is 8. The Labute approximate surface area is 250 Å². The van der Waals surface area contributed by atoms with Gasteiger partial charge in [0, 0.05) is 7.05 Å². The number of carbonyl (C=O) groups excluding carboxylic acids is 2. The van der Waals surface area contributed by atoms with Crippen LogP contribution < -0.4 is 0 Å². The Morgan fingerprint density at radius 1 is 0.600 bits per heavy atom. The Bertz CT molecular complexity index is 952. The average molecular weight is 696 g/mol. The normalized spacial score (nSPS) is 14.9. The Kier molecular flexibility index (Phi) is 14.9.